The first-order valence-corrected chi connectivity index (χ1v) is 8.06. The molecule has 3 aromatic rings. The lowest BCUT2D eigenvalue weighted by atomic mass is 10.1. The Hall–Kier alpha value is -2.78. The number of benzene rings is 3. The first-order valence-electron chi connectivity index (χ1n) is 8.06. The Morgan fingerprint density at radius 1 is 0.667 bits per heavy atom. The molecular formula is C21H21NO2. The molecule has 0 radical (unpaired) electrons. The molecule has 0 bridgehead atoms. The summed E-state index contributed by atoms with van der Waals surface area (Å²) in [5, 5.41) is 0. The van der Waals surface area contributed by atoms with Gasteiger partial charge in [-0.1, -0.05) is 66.7 Å². The lowest BCUT2D eigenvalue weighted by Gasteiger charge is -2.14. The Labute approximate surface area is 142 Å². The molecule has 2 N–H and O–H groups in total. The van der Waals surface area contributed by atoms with Crippen LogP contribution in [0.15, 0.2) is 78.9 Å². The number of hydrogen-bond donors (Lipinski definition) is 1. The summed E-state index contributed by atoms with van der Waals surface area (Å²) in [4.78, 5) is 0. The summed E-state index contributed by atoms with van der Waals surface area (Å²) in [6.07, 6.45) is 0. The lowest BCUT2D eigenvalue weighted by molar-refractivity contribution is 0.266. The van der Waals surface area contributed by atoms with Crippen LogP contribution in [0.2, 0.25) is 0 Å². The fourth-order valence-corrected chi connectivity index (χ4v) is 2.45. The molecule has 0 amide bonds. The van der Waals surface area contributed by atoms with Crippen LogP contribution in [-0.4, -0.2) is 13.2 Å². The average Bonchev–Trinajstić information content (AvgIpc) is 2.66. The second-order valence-corrected chi connectivity index (χ2v) is 5.44. The maximum Gasteiger partial charge on any atom is 0.162 e. The van der Waals surface area contributed by atoms with Gasteiger partial charge in [0, 0.05) is 6.54 Å². The van der Waals surface area contributed by atoms with Crippen LogP contribution in [0.1, 0.15) is 5.56 Å². The maximum absolute atomic E-state index is 6.02. The molecule has 0 fully saturated rings. The average molecular weight is 319 g/mol. The quantitative estimate of drug-likeness (QED) is 0.707. The third-order valence-corrected chi connectivity index (χ3v) is 3.66. The lowest BCUT2D eigenvalue weighted by Crippen LogP contribution is -2.11. The van der Waals surface area contributed by atoms with Crippen molar-refractivity contribution in [3.8, 4) is 22.6 Å². The van der Waals surface area contributed by atoms with Crippen molar-refractivity contribution in [1.29, 1.82) is 0 Å². The minimum Gasteiger partial charge on any atom is -0.488 e. The van der Waals surface area contributed by atoms with E-state index in [4.69, 9.17) is 15.2 Å². The van der Waals surface area contributed by atoms with Gasteiger partial charge in [0.15, 0.2) is 11.5 Å². The normalized spacial score (nSPS) is 10.4. The molecule has 3 aromatic carbocycles. The van der Waals surface area contributed by atoms with Crippen molar-refractivity contribution >= 4 is 0 Å². The number of nitrogens with two attached hydrogens (primary N) is 1. The van der Waals surface area contributed by atoms with E-state index >= 15 is 0 Å². The highest BCUT2D eigenvalue weighted by Crippen LogP contribution is 2.33. The number of rotatable bonds is 7. The predicted octanol–water partition coefficient (Wildman–Crippen LogP) is 4.27. The van der Waals surface area contributed by atoms with Crippen molar-refractivity contribution in [2.45, 2.75) is 6.61 Å². The van der Waals surface area contributed by atoms with Gasteiger partial charge in [-0.05, 0) is 28.8 Å². The van der Waals surface area contributed by atoms with Crippen molar-refractivity contribution in [3.63, 3.8) is 0 Å². The molecule has 3 nitrogen and oxygen atoms in total. The van der Waals surface area contributed by atoms with Crippen molar-refractivity contribution in [1.82, 2.24) is 0 Å². The number of hydrogen-bond acceptors (Lipinski definition) is 3. The summed E-state index contributed by atoms with van der Waals surface area (Å²) < 4.78 is 11.7. The third-order valence-electron chi connectivity index (χ3n) is 3.66. The van der Waals surface area contributed by atoms with E-state index in [0.717, 1.165) is 28.2 Å². The van der Waals surface area contributed by atoms with Gasteiger partial charge < -0.3 is 15.2 Å². The van der Waals surface area contributed by atoms with E-state index in [2.05, 4.69) is 12.1 Å². The van der Waals surface area contributed by atoms with Crippen LogP contribution in [0, 0.1) is 0 Å². The van der Waals surface area contributed by atoms with E-state index in [9.17, 15) is 0 Å². The van der Waals surface area contributed by atoms with Crippen LogP contribution in [0.25, 0.3) is 11.1 Å². The Bertz CT molecular complexity index is 757. The van der Waals surface area contributed by atoms with E-state index in [-0.39, 0.29) is 0 Å². The number of ether oxygens (including phenoxy) is 2. The van der Waals surface area contributed by atoms with Crippen LogP contribution >= 0.6 is 0 Å². The van der Waals surface area contributed by atoms with E-state index in [1.54, 1.807) is 0 Å². The standard InChI is InChI=1S/C21H21NO2/c22-13-14-23-20-12-11-19(18-9-5-2-6-10-18)15-21(20)24-16-17-7-3-1-4-8-17/h1-12,15H,13-14,16,22H2. The van der Waals surface area contributed by atoms with Crippen molar-refractivity contribution < 1.29 is 9.47 Å². The summed E-state index contributed by atoms with van der Waals surface area (Å²) in [5.41, 5.74) is 8.91. The fourth-order valence-electron chi connectivity index (χ4n) is 2.45. The second kappa shape index (κ2) is 8.18. The molecule has 0 aliphatic heterocycles. The van der Waals surface area contributed by atoms with Crippen molar-refractivity contribution in [2.75, 3.05) is 13.2 Å². The zero-order chi connectivity index (χ0) is 16.6. The van der Waals surface area contributed by atoms with Gasteiger partial charge in [0.1, 0.15) is 13.2 Å². The van der Waals surface area contributed by atoms with Gasteiger partial charge in [-0.25, -0.2) is 0 Å². The summed E-state index contributed by atoms with van der Waals surface area (Å²) in [7, 11) is 0. The molecule has 0 aromatic heterocycles. The molecule has 0 atom stereocenters. The van der Waals surface area contributed by atoms with Gasteiger partial charge in [0.25, 0.3) is 0 Å². The summed E-state index contributed by atoms with van der Waals surface area (Å²) in [5.74, 6) is 1.45. The van der Waals surface area contributed by atoms with E-state index in [1.165, 1.54) is 0 Å². The Kier molecular flexibility index (Phi) is 5.48. The molecule has 0 saturated carbocycles. The topological polar surface area (TPSA) is 44.5 Å². The zero-order valence-corrected chi connectivity index (χ0v) is 13.5. The fraction of sp³-hybridized carbons (Fsp3) is 0.143. The molecular weight excluding hydrogens is 298 g/mol. The first kappa shape index (κ1) is 16.1. The molecule has 3 heteroatoms. The van der Waals surface area contributed by atoms with Crippen LogP contribution in [0.5, 0.6) is 11.5 Å². The largest absolute Gasteiger partial charge is 0.488 e. The Morgan fingerprint density at radius 3 is 2.08 bits per heavy atom. The minimum atomic E-state index is 0.465. The monoisotopic (exact) mass is 319 g/mol. The van der Waals surface area contributed by atoms with Gasteiger partial charge in [-0.15, -0.1) is 0 Å². The Balaban J connectivity index is 1.85. The molecule has 0 unspecified atom stereocenters. The van der Waals surface area contributed by atoms with Gasteiger partial charge in [0.05, 0.1) is 0 Å². The predicted molar refractivity (Wildman–Crippen MR) is 97.2 cm³/mol. The Morgan fingerprint density at radius 2 is 1.38 bits per heavy atom. The highest BCUT2D eigenvalue weighted by atomic mass is 16.5. The van der Waals surface area contributed by atoms with Gasteiger partial charge >= 0.3 is 0 Å². The molecule has 3 rings (SSSR count). The third kappa shape index (κ3) is 4.15. The molecule has 24 heavy (non-hydrogen) atoms. The van der Waals surface area contributed by atoms with Gasteiger partial charge in [0.2, 0.25) is 0 Å². The second-order valence-electron chi connectivity index (χ2n) is 5.44. The van der Waals surface area contributed by atoms with Gasteiger partial charge in [-0.3, -0.25) is 0 Å². The minimum absolute atomic E-state index is 0.465. The molecule has 122 valence electrons. The van der Waals surface area contributed by atoms with E-state index < -0.39 is 0 Å². The van der Waals surface area contributed by atoms with Crippen LogP contribution in [0.3, 0.4) is 0 Å². The van der Waals surface area contributed by atoms with E-state index in [0.29, 0.717) is 19.8 Å². The molecule has 0 aliphatic rings. The maximum atomic E-state index is 6.02. The molecule has 0 spiro atoms. The molecule has 0 heterocycles. The van der Waals surface area contributed by atoms with Crippen molar-refractivity contribution in [2.24, 2.45) is 5.73 Å². The molecule has 0 saturated heterocycles. The zero-order valence-electron chi connectivity index (χ0n) is 13.5. The van der Waals surface area contributed by atoms with E-state index in [1.807, 2.05) is 66.7 Å². The van der Waals surface area contributed by atoms with Crippen molar-refractivity contribution in [3.05, 3.63) is 84.4 Å². The molecule has 0 aliphatic carbocycles. The first-order chi connectivity index (χ1) is 11.9. The van der Waals surface area contributed by atoms with Crippen LogP contribution in [-0.2, 0) is 6.61 Å². The smallest absolute Gasteiger partial charge is 0.162 e. The summed E-state index contributed by atoms with van der Waals surface area (Å²) in [6, 6.07) is 26.3. The summed E-state index contributed by atoms with van der Waals surface area (Å²) >= 11 is 0. The highest BCUT2D eigenvalue weighted by molar-refractivity contribution is 5.67. The van der Waals surface area contributed by atoms with Crippen LogP contribution in [0.4, 0.5) is 0 Å². The highest BCUT2D eigenvalue weighted by Gasteiger charge is 2.08. The summed E-state index contributed by atoms with van der Waals surface area (Å²) in [6.45, 7) is 1.43. The van der Waals surface area contributed by atoms with Crippen LogP contribution < -0.4 is 15.2 Å². The SMILES string of the molecule is NCCOc1ccc(-c2ccccc2)cc1OCc1ccccc1. The van der Waals surface area contributed by atoms with Gasteiger partial charge in [-0.2, -0.15) is 0 Å².